The Kier molecular flexibility index (Phi) is 4.62. The number of benzene rings is 1. The van der Waals surface area contributed by atoms with Gasteiger partial charge >= 0.3 is 0 Å². The molecule has 0 aliphatic carbocycles. The molecular weight excluding hydrogens is 266 g/mol. The van der Waals surface area contributed by atoms with E-state index < -0.39 is 0 Å². The first-order valence-corrected chi connectivity index (χ1v) is 6.93. The van der Waals surface area contributed by atoms with Crippen molar-refractivity contribution in [2.45, 2.75) is 20.8 Å². The molecule has 1 aromatic heterocycles. The average molecular weight is 287 g/mol. The molecule has 1 heterocycles. The fraction of sp³-hybridized carbons (Fsp3) is 0.375. The largest absolute Gasteiger partial charge is 0.496 e. The van der Waals surface area contributed by atoms with E-state index in [1.165, 1.54) is 0 Å². The van der Waals surface area contributed by atoms with Gasteiger partial charge in [-0.15, -0.1) is 10.2 Å². The minimum Gasteiger partial charge on any atom is -0.496 e. The Hall–Kier alpha value is -2.30. The Morgan fingerprint density at radius 1 is 1.00 bits per heavy atom. The van der Waals surface area contributed by atoms with Crippen LogP contribution in [0.3, 0.4) is 0 Å². The van der Waals surface area contributed by atoms with E-state index >= 15 is 0 Å². The lowest BCUT2D eigenvalue weighted by Crippen LogP contribution is -2.07. The molecule has 2 aromatic rings. The monoisotopic (exact) mass is 287 g/mol. The molecule has 0 saturated heterocycles. The van der Waals surface area contributed by atoms with Gasteiger partial charge in [-0.1, -0.05) is 6.07 Å². The van der Waals surface area contributed by atoms with Gasteiger partial charge in [0.15, 0.2) is 5.82 Å². The smallest absolute Gasteiger partial charge is 0.151 e. The number of nitrogens with one attached hydrogen (secondary N) is 1. The van der Waals surface area contributed by atoms with E-state index in [4.69, 9.17) is 9.47 Å². The van der Waals surface area contributed by atoms with Gasteiger partial charge in [0, 0.05) is 6.54 Å². The molecular formula is C16H21N3O2. The highest BCUT2D eigenvalue weighted by molar-refractivity contribution is 5.77. The maximum atomic E-state index is 5.45. The van der Waals surface area contributed by atoms with Crippen molar-refractivity contribution in [2.24, 2.45) is 0 Å². The molecule has 0 radical (unpaired) electrons. The lowest BCUT2D eigenvalue weighted by molar-refractivity contribution is 0.397. The topological polar surface area (TPSA) is 56.3 Å². The van der Waals surface area contributed by atoms with Crippen molar-refractivity contribution in [1.82, 2.24) is 10.2 Å². The van der Waals surface area contributed by atoms with E-state index in [2.05, 4.69) is 15.5 Å². The number of ether oxygens (including phenoxy) is 2. The fourth-order valence-electron chi connectivity index (χ4n) is 2.26. The van der Waals surface area contributed by atoms with Gasteiger partial charge in [0.25, 0.3) is 0 Å². The second-order valence-corrected chi connectivity index (χ2v) is 4.72. The summed E-state index contributed by atoms with van der Waals surface area (Å²) in [4.78, 5) is 0. The zero-order valence-electron chi connectivity index (χ0n) is 13.2. The highest BCUT2D eigenvalue weighted by Gasteiger charge is 2.18. The van der Waals surface area contributed by atoms with Crippen molar-refractivity contribution in [3.8, 4) is 22.8 Å². The number of anilines is 1. The third-order valence-electron chi connectivity index (χ3n) is 3.53. The highest BCUT2D eigenvalue weighted by atomic mass is 16.5. The van der Waals surface area contributed by atoms with E-state index in [0.717, 1.165) is 46.2 Å². The number of methoxy groups -OCH3 is 2. The zero-order chi connectivity index (χ0) is 15.4. The molecule has 112 valence electrons. The molecule has 2 rings (SSSR count). The van der Waals surface area contributed by atoms with E-state index in [1.54, 1.807) is 14.2 Å². The van der Waals surface area contributed by atoms with Crippen molar-refractivity contribution in [3.05, 3.63) is 29.3 Å². The minimum absolute atomic E-state index is 0.724. The quantitative estimate of drug-likeness (QED) is 0.915. The number of nitrogens with zero attached hydrogens (tertiary/aromatic N) is 2. The second kappa shape index (κ2) is 6.43. The summed E-state index contributed by atoms with van der Waals surface area (Å²) in [5.41, 5.74) is 3.75. The Morgan fingerprint density at radius 2 is 1.62 bits per heavy atom. The summed E-state index contributed by atoms with van der Waals surface area (Å²) < 4.78 is 10.9. The maximum absolute atomic E-state index is 5.45. The summed E-state index contributed by atoms with van der Waals surface area (Å²) in [6.45, 7) is 6.92. The standard InChI is InChI=1S/C16H21N3O2/c1-6-17-16-11(3)10(2)15(18-19-16)14-12(20-4)8-7-9-13(14)21-5/h7-9H,6H2,1-5H3,(H,17,19). The molecule has 0 unspecified atom stereocenters. The molecule has 0 amide bonds. The Labute approximate surface area is 125 Å². The molecule has 1 aromatic carbocycles. The first-order chi connectivity index (χ1) is 10.1. The molecule has 0 fully saturated rings. The van der Waals surface area contributed by atoms with Gasteiger partial charge in [-0.05, 0) is 44.0 Å². The first-order valence-electron chi connectivity index (χ1n) is 6.93. The summed E-state index contributed by atoms with van der Waals surface area (Å²) in [5, 5.41) is 11.9. The van der Waals surface area contributed by atoms with Gasteiger partial charge in [0.1, 0.15) is 17.2 Å². The van der Waals surface area contributed by atoms with Gasteiger partial charge < -0.3 is 14.8 Å². The molecule has 1 N–H and O–H groups in total. The number of aromatic nitrogens is 2. The molecule has 5 nitrogen and oxygen atoms in total. The minimum atomic E-state index is 0.724. The van der Waals surface area contributed by atoms with Crippen molar-refractivity contribution >= 4 is 5.82 Å². The normalized spacial score (nSPS) is 10.3. The van der Waals surface area contributed by atoms with E-state index in [9.17, 15) is 0 Å². The van der Waals surface area contributed by atoms with Crippen molar-refractivity contribution in [2.75, 3.05) is 26.1 Å². The number of rotatable bonds is 5. The predicted octanol–water partition coefficient (Wildman–Crippen LogP) is 3.21. The van der Waals surface area contributed by atoms with Crippen LogP contribution in [-0.2, 0) is 0 Å². The van der Waals surface area contributed by atoms with Crippen LogP contribution in [0.15, 0.2) is 18.2 Å². The van der Waals surface area contributed by atoms with Crippen LogP contribution >= 0.6 is 0 Å². The van der Waals surface area contributed by atoms with Crippen LogP contribution in [0, 0.1) is 13.8 Å². The SMILES string of the molecule is CCNc1nnc(-c2c(OC)cccc2OC)c(C)c1C. The van der Waals surface area contributed by atoms with Crippen molar-refractivity contribution < 1.29 is 9.47 Å². The summed E-state index contributed by atoms with van der Waals surface area (Å²) in [6, 6.07) is 5.68. The summed E-state index contributed by atoms with van der Waals surface area (Å²) in [7, 11) is 3.28. The summed E-state index contributed by atoms with van der Waals surface area (Å²) >= 11 is 0. The highest BCUT2D eigenvalue weighted by Crippen LogP contribution is 2.39. The first kappa shape index (κ1) is 15.1. The third kappa shape index (κ3) is 2.77. The van der Waals surface area contributed by atoms with Crippen LogP contribution in [0.5, 0.6) is 11.5 Å². The van der Waals surface area contributed by atoms with Gasteiger partial charge in [0.05, 0.1) is 19.8 Å². The third-order valence-corrected chi connectivity index (χ3v) is 3.53. The van der Waals surface area contributed by atoms with Crippen LogP contribution < -0.4 is 14.8 Å². The molecule has 0 aliphatic heterocycles. The molecule has 0 aliphatic rings. The zero-order valence-corrected chi connectivity index (χ0v) is 13.2. The van der Waals surface area contributed by atoms with Crippen molar-refractivity contribution in [1.29, 1.82) is 0 Å². The summed E-state index contributed by atoms with van der Waals surface area (Å²) in [5.74, 6) is 2.26. The lowest BCUT2D eigenvalue weighted by atomic mass is 10.0. The molecule has 0 bridgehead atoms. The van der Waals surface area contributed by atoms with Crippen LogP contribution in [0.4, 0.5) is 5.82 Å². The second-order valence-electron chi connectivity index (χ2n) is 4.72. The fourth-order valence-corrected chi connectivity index (χ4v) is 2.26. The van der Waals surface area contributed by atoms with Crippen molar-refractivity contribution in [3.63, 3.8) is 0 Å². The number of hydrogen-bond donors (Lipinski definition) is 1. The van der Waals surface area contributed by atoms with Crippen LogP contribution in [0.25, 0.3) is 11.3 Å². The van der Waals surface area contributed by atoms with Gasteiger partial charge in [0.2, 0.25) is 0 Å². The Bertz CT molecular complexity index is 619. The van der Waals surface area contributed by atoms with Gasteiger partial charge in [-0.25, -0.2) is 0 Å². The Morgan fingerprint density at radius 3 is 2.14 bits per heavy atom. The lowest BCUT2D eigenvalue weighted by Gasteiger charge is -2.16. The van der Waals surface area contributed by atoms with Crippen LogP contribution in [0.2, 0.25) is 0 Å². The predicted molar refractivity (Wildman–Crippen MR) is 84.2 cm³/mol. The average Bonchev–Trinajstić information content (AvgIpc) is 2.51. The van der Waals surface area contributed by atoms with Gasteiger partial charge in [-0.3, -0.25) is 0 Å². The van der Waals surface area contributed by atoms with E-state index in [-0.39, 0.29) is 0 Å². The molecule has 0 atom stereocenters. The van der Waals surface area contributed by atoms with Gasteiger partial charge in [-0.2, -0.15) is 0 Å². The van der Waals surface area contributed by atoms with Crippen LogP contribution in [0.1, 0.15) is 18.1 Å². The Balaban J connectivity index is 2.65. The number of hydrogen-bond acceptors (Lipinski definition) is 5. The molecule has 0 saturated carbocycles. The van der Waals surface area contributed by atoms with E-state index in [0.29, 0.717) is 0 Å². The molecule has 5 heteroatoms. The maximum Gasteiger partial charge on any atom is 0.151 e. The molecule has 0 spiro atoms. The van der Waals surface area contributed by atoms with E-state index in [1.807, 2.05) is 39.0 Å². The summed E-state index contributed by atoms with van der Waals surface area (Å²) in [6.07, 6.45) is 0. The molecule has 21 heavy (non-hydrogen) atoms. The van der Waals surface area contributed by atoms with Crippen LogP contribution in [-0.4, -0.2) is 31.0 Å².